The first-order chi connectivity index (χ1) is 13.3. The maximum atomic E-state index is 14.3. The maximum absolute atomic E-state index is 14.3. The number of sulfonamides is 1. The van der Waals surface area contributed by atoms with E-state index in [4.69, 9.17) is 11.6 Å². The summed E-state index contributed by atoms with van der Waals surface area (Å²) in [4.78, 5) is 12.4. The fourth-order valence-electron chi connectivity index (χ4n) is 3.41. The number of nitrogens with zero attached hydrogens (tertiary/aromatic N) is 1. The topological polar surface area (TPSA) is 66.5 Å². The van der Waals surface area contributed by atoms with Gasteiger partial charge in [0.15, 0.2) is 0 Å². The summed E-state index contributed by atoms with van der Waals surface area (Å²) in [6.45, 7) is 0. The van der Waals surface area contributed by atoms with Crippen LogP contribution in [0.15, 0.2) is 47.4 Å². The Kier molecular flexibility index (Phi) is 6.37. The first kappa shape index (κ1) is 20.8. The van der Waals surface area contributed by atoms with Crippen LogP contribution in [0.25, 0.3) is 0 Å². The van der Waals surface area contributed by atoms with Crippen LogP contribution in [-0.4, -0.2) is 31.7 Å². The zero-order chi connectivity index (χ0) is 20.3. The van der Waals surface area contributed by atoms with Gasteiger partial charge < -0.3 is 5.32 Å². The third kappa shape index (κ3) is 4.54. The van der Waals surface area contributed by atoms with Gasteiger partial charge in [-0.2, -0.15) is 4.31 Å². The maximum Gasteiger partial charge on any atom is 0.258 e. The van der Waals surface area contributed by atoms with Crippen LogP contribution >= 0.6 is 11.6 Å². The molecular formula is C20H22ClFN2O3S. The first-order valence-corrected chi connectivity index (χ1v) is 11.0. The van der Waals surface area contributed by atoms with E-state index in [0.29, 0.717) is 10.7 Å². The molecule has 1 saturated carbocycles. The van der Waals surface area contributed by atoms with Crippen molar-refractivity contribution in [3.63, 3.8) is 0 Å². The summed E-state index contributed by atoms with van der Waals surface area (Å²) in [5.41, 5.74) is 0.0579. The Morgan fingerprint density at radius 2 is 1.86 bits per heavy atom. The highest BCUT2D eigenvalue weighted by Crippen LogP contribution is 2.27. The molecule has 1 aliphatic rings. The van der Waals surface area contributed by atoms with E-state index < -0.39 is 21.7 Å². The summed E-state index contributed by atoms with van der Waals surface area (Å²) in [7, 11) is -2.28. The molecule has 0 aromatic heterocycles. The smallest absolute Gasteiger partial charge is 0.258 e. The van der Waals surface area contributed by atoms with Gasteiger partial charge in [0.05, 0.1) is 10.5 Å². The lowest BCUT2D eigenvalue weighted by Gasteiger charge is -2.30. The number of benzene rings is 2. The number of hydrogen-bond acceptors (Lipinski definition) is 3. The van der Waals surface area contributed by atoms with Crippen molar-refractivity contribution in [2.75, 3.05) is 12.4 Å². The van der Waals surface area contributed by atoms with Crippen LogP contribution in [0.1, 0.15) is 42.5 Å². The van der Waals surface area contributed by atoms with Gasteiger partial charge in [-0.15, -0.1) is 0 Å². The minimum atomic E-state index is -3.83. The summed E-state index contributed by atoms with van der Waals surface area (Å²) in [6.07, 6.45) is 4.69. The lowest BCUT2D eigenvalue weighted by Crippen LogP contribution is -2.38. The molecule has 0 radical (unpaired) electrons. The fourth-order valence-corrected chi connectivity index (χ4v) is 5.04. The van der Waals surface area contributed by atoms with Crippen molar-refractivity contribution in [1.29, 1.82) is 0 Å². The Hall–Kier alpha value is -1.96. The number of nitrogens with one attached hydrogen (secondary N) is 1. The van der Waals surface area contributed by atoms with Crippen LogP contribution in [0.4, 0.5) is 10.1 Å². The average molecular weight is 425 g/mol. The Morgan fingerprint density at radius 1 is 1.14 bits per heavy atom. The molecular weight excluding hydrogens is 403 g/mol. The second kappa shape index (κ2) is 8.59. The third-order valence-corrected chi connectivity index (χ3v) is 7.17. The summed E-state index contributed by atoms with van der Waals surface area (Å²) in [6, 6.07) is 9.64. The number of anilines is 1. The molecule has 0 saturated heterocycles. The van der Waals surface area contributed by atoms with Gasteiger partial charge in [-0.1, -0.05) is 36.9 Å². The lowest BCUT2D eigenvalue weighted by atomic mass is 9.96. The highest BCUT2D eigenvalue weighted by Gasteiger charge is 2.30. The quantitative estimate of drug-likeness (QED) is 0.757. The second-order valence-corrected chi connectivity index (χ2v) is 9.35. The average Bonchev–Trinajstić information content (AvgIpc) is 2.68. The van der Waals surface area contributed by atoms with Gasteiger partial charge >= 0.3 is 0 Å². The molecule has 150 valence electrons. The number of halogens is 2. The standard InChI is InChI=1S/C20H22ClFN2O3S/c1-24(16-8-3-2-4-9-16)28(26,27)17-10-11-19(22)18(13-17)20(25)23-15-7-5-6-14(21)12-15/h5-7,10-13,16H,2-4,8-9H2,1H3,(H,23,25). The third-order valence-electron chi connectivity index (χ3n) is 5.03. The Labute approximate surface area is 169 Å². The van der Waals surface area contributed by atoms with Crippen LogP contribution in [0.3, 0.4) is 0 Å². The zero-order valence-corrected chi connectivity index (χ0v) is 17.1. The normalized spacial score (nSPS) is 15.6. The van der Waals surface area contributed by atoms with Gasteiger partial charge in [-0.25, -0.2) is 12.8 Å². The summed E-state index contributed by atoms with van der Waals surface area (Å²) in [5.74, 6) is -1.53. The molecule has 1 aliphatic carbocycles. The van der Waals surface area contributed by atoms with Crippen LogP contribution in [0.2, 0.25) is 5.02 Å². The van der Waals surface area contributed by atoms with Crippen molar-refractivity contribution in [3.8, 4) is 0 Å². The van der Waals surface area contributed by atoms with Crippen molar-refractivity contribution in [1.82, 2.24) is 4.31 Å². The number of carbonyl (C=O) groups is 1. The molecule has 0 unspecified atom stereocenters. The van der Waals surface area contributed by atoms with E-state index in [9.17, 15) is 17.6 Å². The SMILES string of the molecule is CN(C1CCCCC1)S(=O)(=O)c1ccc(F)c(C(=O)Nc2cccc(Cl)c2)c1. The van der Waals surface area contributed by atoms with E-state index in [0.717, 1.165) is 44.2 Å². The van der Waals surface area contributed by atoms with Crippen LogP contribution in [-0.2, 0) is 10.0 Å². The zero-order valence-electron chi connectivity index (χ0n) is 15.5. The molecule has 0 aliphatic heterocycles. The number of hydrogen-bond donors (Lipinski definition) is 1. The molecule has 1 fully saturated rings. The van der Waals surface area contributed by atoms with Crippen molar-refractivity contribution in [3.05, 3.63) is 58.9 Å². The highest BCUT2D eigenvalue weighted by atomic mass is 35.5. The lowest BCUT2D eigenvalue weighted by molar-refractivity contribution is 0.102. The van der Waals surface area contributed by atoms with Crippen LogP contribution in [0.5, 0.6) is 0 Å². The molecule has 5 nitrogen and oxygen atoms in total. The number of amides is 1. The predicted molar refractivity (Wildman–Crippen MR) is 108 cm³/mol. The molecule has 0 spiro atoms. The van der Waals surface area contributed by atoms with Crippen molar-refractivity contribution in [2.45, 2.75) is 43.0 Å². The highest BCUT2D eigenvalue weighted by molar-refractivity contribution is 7.89. The summed E-state index contributed by atoms with van der Waals surface area (Å²) >= 11 is 5.89. The van der Waals surface area contributed by atoms with Gasteiger partial charge in [0.2, 0.25) is 10.0 Å². The van der Waals surface area contributed by atoms with Gasteiger partial charge in [-0.05, 0) is 49.2 Å². The Balaban J connectivity index is 1.86. The monoisotopic (exact) mass is 424 g/mol. The van der Waals surface area contributed by atoms with Gasteiger partial charge in [0.1, 0.15) is 5.82 Å². The van der Waals surface area contributed by atoms with Crippen LogP contribution < -0.4 is 5.32 Å². The molecule has 0 heterocycles. The predicted octanol–water partition coefficient (Wildman–Crippen LogP) is 4.68. The van der Waals surface area contributed by atoms with E-state index in [1.165, 1.54) is 16.4 Å². The Morgan fingerprint density at radius 3 is 2.54 bits per heavy atom. The molecule has 1 amide bonds. The molecule has 2 aromatic carbocycles. The Bertz CT molecular complexity index is 975. The molecule has 2 aromatic rings. The minimum absolute atomic E-state index is 0.0764. The fraction of sp³-hybridized carbons (Fsp3) is 0.350. The van der Waals surface area contributed by atoms with Crippen molar-refractivity contribution >= 4 is 33.2 Å². The summed E-state index contributed by atoms with van der Waals surface area (Å²) < 4.78 is 41.5. The van der Waals surface area contributed by atoms with Gasteiger partial charge in [0, 0.05) is 23.8 Å². The van der Waals surface area contributed by atoms with Crippen LogP contribution in [0, 0.1) is 5.82 Å². The molecule has 0 atom stereocenters. The van der Waals surface area contributed by atoms with Crippen molar-refractivity contribution < 1.29 is 17.6 Å². The molecule has 3 rings (SSSR count). The van der Waals surface area contributed by atoms with Crippen molar-refractivity contribution in [2.24, 2.45) is 0 Å². The molecule has 0 bridgehead atoms. The van der Waals surface area contributed by atoms with E-state index >= 15 is 0 Å². The summed E-state index contributed by atoms with van der Waals surface area (Å²) in [5, 5.41) is 2.96. The van der Waals surface area contributed by atoms with E-state index in [-0.39, 0.29) is 16.5 Å². The molecule has 8 heteroatoms. The first-order valence-electron chi connectivity index (χ1n) is 9.13. The minimum Gasteiger partial charge on any atom is -0.322 e. The van der Waals surface area contributed by atoms with Gasteiger partial charge in [0.25, 0.3) is 5.91 Å². The van der Waals surface area contributed by atoms with Gasteiger partial charge in [-0.3, -0.25) is 4.79 Å². The van der Waals surface area contributed by atoms with E-state index in [1.807, 2.05) is 0 Å². The number of carbonyl (C=O) groups excluding carboxylic acids is 1. The molecule has 1 N–H and O–H groups in total. The van der Waals surface area contributed by atoms with E-state index in [2.05, 4.69) is 5.32 Å². The largest absolute Gasteiger partial charge is 0.322 e. The molecule has 28 heavy (non-hydrogen) atoms. The second-order valence-electron chi connectivity index (χ2n) is 6.92. The number of rotatable bonds is 5. The van der Waals surface area contributed by atoms with E-state index in [1.54, 1.807) is 25.2 Å².